The maximum atomic E-state index is 12.3. The summed E-state index contributed by atoms with van der Waals surface area (Å²) < 4.78 is 30.9. The number of methoxy groups -OCH3 is 1. The number of hydrogen-bond acceptors (Lipinski definition) is 12. The van der Waals surface area contributed by atoms with E-state index >= 15 is 0 Å². The molecular weight excluding hydrogens is 459 g/mol. The zero-order chi connectivity index (χ0) is 24.4. The first-order valence-corrected chi connectivity index (χ1v) is 10.8. The molecule has 5 N–H and O–H groups in total. The number of nitrogens with one attached hydrogen (secondary N) is 2. The van der Waals surface area contributed by atoms with Gasteiger partial charge in [-0.05, 0) is 38.2 Å². The summed E-state index contributed by atoms with van der Waals surface area (Å²) in [6, 6.07) is 8.91. The van der Waals surface area contributed by atoms with E-state index in [-0.39, 0.29) is 41.2 Å². The second kappa shape index (κ2) is 11.9. The second-order valence-corrected chi connectivity index (χ2v) is 7.48. The number of amides is 1. The molecule has 1 aromatic carbocycles. The van der Waals surface area contributed by atoms with Gasteiger partial charge in [0.2, 0.25) is 12.2 Å². The molecule has 2 atom stereocenters. The Labute approximate surface area is 188 Å². The first-order chi connectivity index (χ1) is 15.6. The van der Waals surface area contributed by atoms with Crippen LogP contribution in [0.15, 0.2) is 46.6 Å². The molecule has 1 amide bonds. The maximum absolute atomic E-state index is 12.3. The van der Waals surface area contributed by atoms with Crippen LogP contribution in [0.3, 0.4) is 0 Å². The number of nitrogens with two attached hydrogens (primary N) is 1. The molecule has 0 radical (unpaired) electrons. The van der Waals surface area contributed by atoms with E-state index in [1.807, 2.05) is 0 Å². The fourth-order valence-electron chi connectivity index (χ4n) is 2.23. The van der Waals surface area contributed by atoms with Gasteiger partial charge in [0.25, 0.3) is 0 Å². The number of hydrogen-bond donors (Lipinski definition) is 4. The van der Waals surface area contributed by atoms with Crippen molar-refractivity contribution in [2.24, 2.45) is 10.2 Å². The van der Waals surface area contributed by atoms with Crippen molar-refractivity contribution in [3.05, 3.63) is 36.4 Å². The van der Waals surface area contributed by atoms with E-state index in [0.717, 1.165) is 7.11 Å². The molecule has 0 saturated heterocycles. The van der Waals surface area contributed by atoms with E-state index in [2.05, 4.69) is 35.3 Å². The van der Waals surface area contributed by atoms with Crippen molar-refractivity contribution in [2.75, 3.05) is 31.8 Å². The van der Waals surface area contributed by atoms with Crippen molar-refractivity contribution >= 4 is 42.9 Å². The third-order valence-corrected chi connectivity index (χ3v) is 4.55. The van der Waals surface area contributed by atoms with Crippen LogP contribution in [0.2, 0.25) is 0 Å². The first-order valence-electron chi connectivity index (χ1n) is 9.30. The van der Waals surface area contributed by atoms with Crippen molar-refractivity contribution in [2.45, 2.75) is 13.2 Å². The molecular formula is C18H23N6O8P. The number of nitrogens with zero attached hydrogens (tertiary/aromatic N) is 3. The Kier molecular flexibility index (Phi) is 9.24. The zero-order valence-corrected chi connectivity index (χ0v) is 18.8. The molecule has 0 fully saturated rings. The summed E-state index contributed by atoms with van der Waals surface area (Å²) in [7, 11) is -2.01. The summed E-state index contributed by atoms with van der Waals surface area (Å²) in [4.78, 5) is 36.7. The van der Waals surface area contributed by atoms with Gasteiger partial charge in [-0.3, -0.25) is 9.69 Å². The van der Waals surface area contributed by atoms with Crippen LogP contribution in [0.25, 0.3) is 0 Å². The highest BCUT2D eigenvalue weighted by atomic mass is 31.2. The van der Waals surface area contributed by atoms with E-state index in [0.29, 0.717) is 0 Å². The number of benzene rings is 1. The van der Waals surface area contributed by atoms with Gasteiger partial charge in [0.1, 0.15) is 17.2 Å². The second-order valence-electron chi connectivity index (χ2n) is 6.15. The summed E-state index contributed by atoms with van der Waals surface area (Å²) in [5, 5.41) is 13.2. The third kappa shape index (κ3) is 8.46. The predicted octanol–water partition coefficient (Wildman–Crippen LogP) is 2.86. The lowest BCUT2D eigenvalue weighted by atomic mass is 10.3. The molecule has 0 spiro atoms. The Balaban J connectivity index is 2.13. The number of anilines is 2. The van der Waals surface area contributed by atoms with Crippen LogP contribution in [0, 0.1) is 0 Å². The van der Waals surface area contributed by atoms with Crippen molar-refractivity contribution in [3.63, 3.8) is 0 Å². The highest BCUT2D eigenvalue weighted by Crippen LogP contribution is 2.48. The molecule has 2 unspecified atom stereocenters. The predicted molar refractivity (Wildman–Crippen MR) is 116 cm³/mol. The molecule has 2 aromatic rings. The van der Waals surface area contributed by atoms with Gasteiger partial charge in [-0.2, -0.15) is 0 Å². The average Bonchev–Trinajstić information content (AvgIpc) is 2.73. The Morgan fingerprint density at radius 1 is 1.21 bits per heavy atom. The van der Waals surface area contributed by atoms with E-state index in [1.165, 1.54) is 37.3 Å². The van der Waals surface area contributed by atoms with Crippen LogP contribution in [0.4, 0.5) is 27.8 Å². The lowest BCUT2D eigenvalue weighted by Gasteiger charge is -2.18. The molecule has 1 aromatic heterocycles. The van der Waals surface area contributed by atoms with Gasteiger partial charge in [0, 0.05) is 0 Å². The van der Waals surface area contributed by atoms with Gasteiger partial charge in [-0.25, -0.2) is 18.9 Å². The molecule has 1 heterocycles. The summed E-state index contributed by atoms with van der Waals surface area (Å²) >= 11 is 0. The number of ether oxygens (including phenoxy) is 2. The van der Waals surface area contributed by atoms with Crippen molar-refractivity contribution in [1.82, 2.24) is 10.3 Å². The van der Waals surface area contributed by atoms with Crippen LogP contribution in [0.5, 0.6) is 5.75 Å². The smallest absolute Gasteiger partial charge is 0.438 e. The number of pyridine rings is 1. The maximum Gasteiger partial charge on any atom is 0.530 e. The molecule has 33 heavy (non-hydrogen) atoms. The van der Waals surface area contributed by atoms with Gasteiger partial charge in [-0.15, -0.1) is 10.2 Å². The molecule has 0 bridgehead atoms. The minimum absolute atomic E-state index is 0.00986. The number of para-hydroxylation sites is 1. The summed E-state index contributed by atoms with van der Waals surface area (Å²) in [6.07, 6.45) is -2.53. The van der Waals surface area contributed by atoms with Crippen LogP contribution in [-0.4, -0.2) is 48.9 Å². The highest BCUT2D eigenvalue weighted by Gasteiger charge is 2.29. The quantitative estimate of drug-likeness (QED) is 0.168. The fraction of sp³-hybridized carbons (Fsp3) is 0.278. The van der Waals surface area contributed by atoms with Gasteiger partial charge >= 0.3 is 14.0 Å². The third-order valence-electron chi connectivity index (χ3n) is 3.56. The first kappa shape index (κ1) is 25.7. The molecule has 178 valence electrons. The lowest BCUT2D eigenvalue weighted by Crippen LogP contribution is -2.25. The summed E-state index contributed by atoms with van der Waals surface area (Å²) in [6.45, 7) is 1.31. The van der Waals surface area contributed by atoms with Gasteiger partial charge < -0.3 is 30.4 Å². The Morgan fingerprint density at radius 2 is 1.91 bits per heavy atom. The van der Waals surface area contributed by atoms with E-state index in [4.69, 9.17) is 14.8 Å². The lowest BCUT2D eigenvalue weighted by molar-refractivity contribution is -0.115. The molecule has 2 rings (SSSR count). The number of phosphoric acid groups is 1. The van der Waals surface area contributed by atoms with Crippen molar-refractivity contribution < 1.29 is 37.6 Å². The zero-order valence-electron chi connectivity index (χ0n) is 17.9. The average molecular weight is 482 g/mol. The van der Waals surface area contributed by atoms with Gasteiger partial charge in [0.15, 0.2) is 11.6 Å². The topological polar surface area (TPSA) is 196 Å². The van der Waals surface area contributed by atoms with E-state index in [1.54, 1.807) is 13.1 Å². The van der Waals surface area contributed by atoms with Gasteiger partial charge in [-0.1, -0.05) is 12.1 Å². The van der Waals surface area contributed by atoms with Crippen LogP contribution < -0.4 is 20.9 Å². The monoisotopic (exact) mass is 482 g/mol. The number of aromatic nitrogens is 1. The van der Waals surface area contributed by atoms with E-state index in [9.17, 15) is 19.0 Å². The Bertz CT molecular complexity index is 1070. The number of likely N-dealkylation sites (N-methyl/N-ethyl adjacent to an activating group) is 1. The number of nitrogen functional groups attached to an aromatic ring is 1. The minimum Gasteiger partial charge on any atom is -0.438 e. The van der Waals surface area contributed by atoms with Crippen LogP contribution in [0.1, 0.15) is 6.92 Å². The number of azo groups is 1. The van der Waals surface area contributed by atoms with Crippen molar-refractivity contribution in [1.29, 1.82) is 0 Å². The fourth-order valence-corrected chi connectivity index (χ4v) is 3.10. The molecule has 0 aliphatic heterocycles. The minimum atomic E-state index is -4.71. The van der Waals surface area contributed by atoms with Crippen LogP contribution in [-0.2, 0) is 23.4 Å². The highest BCUT2D eigenvalue weighted by molar-refractivity contribution is 7.47. The number of carbonyl (C=O) groups is 2. The Hall–Kier alpha value is -3.58. The Morgan fingerprint density at radius 3 is 2.58 bits per heavy atom. The largest absolute Gasteiger partial charge is 0.530 e. The van der Waals surface area contributed by atoms with Crippen LogP contribution >= 0.6 is 7.82 Å². The number of carbonyl (C=O) groups excluding carboxylic acids is 2. The number of phosphoric ester groups is 1. The van der Waals surface area contributed by atoms with Gasteiger partial charge in [0.05, 0.1) is 13.7 Å². The molecule has 0 aliphatic rings. The summed E-state index contributed by atoms with van der Waals surface area (Å²) in [5.41, 5.74) is 6.11. The SMILES string of the molecule is CNCC(=O)Nc1ccc(/N=N/c2ccccc2OP(=O)(O)OC(C)OC(=O)OC)c(N)n1. The molecule has 0 saturated carbocycles. The van der Waals surface area contributed by atoms with Crippen molar-refractivity contribution in [3.8, 4) is 5.75 Å². The normalized spacial score (nSPS) is 13.7. The number of rotatable bonds is 10. The molecule has 15 heteroatoms. The summed E-state index contributed by atoms with van der Waals surface area (Å²) in [5.74, 6) is -0.215. The van der Waals surface area contributed by atoms with E-state index < -0.39 is 20.3 Å². The molecule has 0 aliphatic carbocycles. The standard InChI is InChI=1S/C18H23N6O8P/c1-11(30-18(26)29-3)31-33(27,28)32-14-7-5-4-6-12(14)23-24-13-8-9-15(22-17(13)19)21-16(25)10-20-2/h4-9,11,20H,10H2,1-3H3,(H,27,28)(H3,19,21,22,25)/b24-23+. The molecule has 14 nitrogen and oxygen atoms in total.